The summed E-state index contributed by atoms with van der Waals surface area (Å²) in [6.07, 6.45) is 1.57. The van der Waals surface area contributed by atoms with Crippen molar-refractivity contribution in [2.75, 3.05) is 7.11 Å². The zero-order valence-corrected chi connectivity index (χ0v) is 16.2. The number of esters is 1. The molecule has 2 rings (SSSR count). The number of ether oxygens (including phenoxy) is 1. The number of rotatable bonds is 8. The van der Waals surface area contributed by atoms with E-state index in [1.807, 2.05) is 74.5 Å². The summed E-state index contributed by atoms with van der Waals surface area (Å²) in [7, 11) is 1.35. The van der Waals surface area contributed by atoms with E-state index in [0.717, 1.165) is 11.1 Å². The van der Waals surface area contributed by atoms with Gasteiger partial charge in [-0.2, -0.15) is 0 Å². The zero-order chi connectivity index (χ0) is 19.7. The molecule has 0 fully saturated rings. The summed E-state index contributed by atoms with van der Waals surface area (Å²) in [5.74, 6) is -0.427. The van der Waals surface area contributed by atoms with Gasteiger partial charge in [-0.25, -0.2) is 9.59 Å². The summed E-state index contributed by atoms with van der Waals surface area (Å²) in [5.41, 5.74) is 1.04. The Morgan fingerprint density at radius 1 is 1.04 bits per heavy atom. The van der Waals surface area contributed by atoms with Crippen molar-refractivity contribution in [2.24, 2.45) is 0 Å². The average molecular weight is 368 g/mol. The van der Waals surface area contributed by atoms with E-state index in [1.54, 1.807) is 0 Å². The van der Waals surface area contributed by atoms with Crippen molar-refractivity contribution in [1.82, 2.24) is 10.6 Å². The fourth-order valence-electron chi connectivity index (χ4n) is 3.10. The van der Waals surface area contributed by atoms with E-state index >= 15 is 0 Å². The third-order valence-corrected chi connectivity index (χ3v) is 4.86. The first-order chi connectivity index (χ1) is 13.0. The van der Waals surface area contributed by atoms with Crippen LogP contribution < -0.4 is 10.6 Å². The molecule has 0 unspecified atom stereocenters. The summed E-state index contributed by atoms with van der Waals surface area (Å²) in [4.78, 5) is 25.1. The van der Waals surface area contributed by atoms with Gasteiger partial charge in [0.25, 0.3) is 0 Å². The fourth-order valence-corrected chi connectivity index (χ4v) is 3.10. The van der Waals surface area contributed by atoms with Gasteiger partial charge in [0.05, 0.1) is 13.2 Å². The number of nitrogens with one attached hydrogen (secondary N) is 2. The molecule has 5 heteroatoms. The first-order valence-electron chi connectivity index (χ1n) is 9.26. The zero-order valence-electron chi connectivity index (χ0n) is 16.2. The molecule has 0 saturated heterocycles. The second kappa shape index (κ2) is 9.76. The molecule has 0 spiro atoms. The molecule has 2 aromatic carbocycles. The number of amides is 2. The van der Waals surface area contributed by atoms with Crippen LogP contribution in [0.3, 0.4) is 0 Å². The van der Waals surface area contributed by atoms with E-state index in [1.165, 1.54) is 7.11 Å². The second-order valence-electron chi connectivity index (χ2n) is 6.64. The molecule has 0 heterocycles. The van der Waals surface area contributed by atoms with Gasteiger partial charge in [-0.15, -0.1) is 0 Å². The Morgan fingerprint density at radius 2 is 1.63 bits per heavy atom. The number of hydrogen-bond acceptors (Lipinski definition) is 3. The number of urea groups is 1. The SMILES string of the molecule is CC[C@@](CCc1ccccc1)(NC(=O)N[C@H](C)c1ccccc1)C(=O)OC. The predicted molar refractivity (Wildman–Crippen MR) is 106 cm³/mol. The Hall–Kier alpha value is -2.82. The maximum absolute atomic E-state index is 12.6. The van der Waals surface area contributed by atoms with Crippen molar-refractivity contribution in [3.8, 4) is 0 Å². The number of carbonyl (C=O) groups is 2. The third kappa shape index (κ3) is 5.58. The van der Waals surface area contributed by atoms with E-state index in [2.05, 4.69) is 10.6 Å². The van der Waals surface area contributed by atoms with Gasteiger partial charge in [-0.3, -0.25) is 0 Å². The van der Waals surface area contributed by atoms with Crippen LogP contribution in [0.1, 0.15) is 43.9 Å². The lowest BCUT2D eigenvalue weighted by Gasteiger charge is -2.31. The van der Waals surface area contributed by atoms with Crippen molar-refractivity contribution >= 4 is 12.0 Å². The van der Waals surface area contributed by atoms with Crippen LogP contribution in [0.4, 0.5) is 4.79 Å². The Bertz CT molecular complexity index is 734. The summed E-state index contributed by atoms with van der Waals surface area (Å²) in [6.45, 7) is 3.79. The minimum absolute atomic E-state index is 0.174. The molecular weight excluding hydrogens is 340 g/mol. The van der Waals surface area contributed by atoms with Crippen molar-refractivity contribution in [2.45, 2.75) is 44.7 Å². The molecule has 0 radical (unpaired) electrons. The Kier molecular flexibility index (Phi) is 7.41. The van der Waals surface area contributed by atoms with Crippen LogP contribution in [0.25, 0.3) is 0 Å². The highest BCUT2D eigenvalue weighted by atomic mass is 16.5. The largest absolute Gasteiger partial charge is 0.467 e. The number of hydrogen-bond donors (Lipinski definition) is 2. The molecule has 0 bridgehead atoms. The number of carbonyl (C=O) groups excluding carboxylic acids is 2. The van der Waals surface area contributed by atoms with Gasteiger partial charge in [0.15, 0.2) is 0 Å². The van der Waals surface area contributed by atoms with Crippen LogP contribution in [0.15, 0.2) is 60.7 Å². The quantitative estimate of drug-likeness (QED) is 0.692. The Labute approximate surface area is 161 Å². The van der Waals surface area contributed by atoms with Crippen molar-refractivity contribution in [3.63, 3.8) is 0 Å². The summed E-state index contributed by atoms with van der Waals surface area (Å²) >= 11 is 0. The molecule has 2 N–H and O–H groups in total. The van der Waals surface area contributed by atoms with Gasteiger partial charge in [-0.05, 0) is 37.3 Å². The maximum Gasteiger partial charge on any atom is 0.331 e. The molecule has 27 heavy (non-hydrogen) atoms. The molecule has 0 aliphatic heterocycles. The standard InChI is InChI=1S/C22H28N2O3/c1-4-22(20(25)27-3,16-15-18-11-7-5-8-12-18)24-21(26)23-17(2)19-13-9-6-10-14-19/h5-14,17H,4,15-16H2,1-3H3,(H2,23,24,26)/t17-,22+/m1/s1. The number of methoxy groups -OCH3 is 1. The van der Waals surface area contributed by atoms with Gasteiger partial charge in [-0.1, -0.05) is 67.6 Å². The molecule has 0 aromatic heterocycles. The number of benzene rings is 2. The average Bonchev–Trinajstić information content (AvgIpc) is 2.71. The maximum atomic E-state index is 12.6. The van der Waals surface area contributed by atoms with Crippen LogP contribution in [-0.2, 0) is 16.0 Å². The lowest BCUT2D eigenvalue weighted by molar-refractivity contribution is -0.148. The lowest BCUT2D eigenvalue weighted by atomic mass is 9.88. The minimum atomic E-state index is -1.06. The fraction of sp³-hybridized carbons (Fsp3) is 0.364. The van der Waals surface area contributed by atoms with E-state index in [-0.39, 0.29) is 12.1 Å². The molecule has 2 atom stereocenters. The topological polar surface area (TPSA) is 67.4 Å². The van der Waals surface area contributed by atoms with Crippen molar-refractivity contribution in [1.29, 1.82) is 0 Å². The van der Waals surface area contributed by atoms with E-state index < -0.39 is 11.5 Å². The monoisotopic (exact) mass is 368 g/mol. The summed E-state index contributed by atoms with van der Waals surface area (Å²) in [5, 5.41) is 5.78. The van der Waals surface area contributed by atoms with Crippen LogP contribution >= 0.6 is 0 Å². The molecule has 0 aliphatic rings. The van der Waals surface area contributed by atoms with Gasteiger partial charge in [0.2, 0.25) is 0 Å². The van der Waals surface area contributed by atoms with Crippen LogP contribution in [-0.4, -0.2) is 24.6 Å². The van der Waals surface area contributed by atoms with Crippen LogP contribution in [0.5, 0.6) is 0 Å². The molecule has 5 nitrogen and oxygen atoms in total. The highest BCUT2D eigenvalue weighted by Crippen LogP contribution is 2.21. The molecular formula is C22H28N2O3. The summed E-state index contributed by atoms with van der Waals surface area (Å²) < 4.78 is 5.00. The van der Waals surface area contributed by atoms with E-state index in [4.69, 9.17) is 4.74 Å². The molecule has 2 aromatic rings. The van der Waals surface area contributed by atoms with Gasteiger partial charge in [0.1, 0.15) is 5.54 Å². The van der Waals surface area contributed by atoms with E-state index in [0.29, 0.717) is 19.3 Å². The molecule has 0 saturated carbocycles. The van der Waals surface area contributed by atoms with Gasteiger partial charge >= 0.3 is 12.0 Å². The van der Waals surface area contributed by atoms with E-state index in [9.17, 15) is 9.59 Å². The minimum Gasteiger partial charge on any atom is -0.467 e. The normalized spacial score (nSPS) is 13.9. The number of aryl methyl sites for hydroxylation is 1. The Balaban J connectivity index is 2.08. The second-order valence-corrected chi connectivity index (χ2v) is 6.64. The molecule has 0 aliphatic carbocycles. The highest BCUT2D eigenvalue weighted by Gasteiger charge is 2.39. The van der Waals surface area contributed by atoms with Crippen molar-refractivity contribution in [3.05, 3.63) is 71.8 Å². The lowest BCUT2D eigenvalue weighted by Crippen LogP contribution is -2.57. The predicted octanol–water partition coefficient (Wildman–Crippen LogP) is 4.00. The highest BCUT2D eigenvalue weighted by molar-refractivity contribution is 5.87. The third-order valence-electron chi connectivity index (χ3n) is 4.86. The smallest absolute Gasteiger partial charge is 0.331 e. The van der Waals surface area contributed by atoms with Gasteiger partial charge < -0.3 is 15.4 Å². The molecule has 144 valence electrons. The van der Waals surface area contributed by atoms with Crippen molar-refractivity contribution < 1.29 is 14.3 Å². The van der Waals surface area contributed by atoms with Gasteiger partial charge in [0, 0.05) is 0 Å². The summed E-state index contributed by atoms with van der Waals surface area (Å²) in [6, 6.07) is 19.0. The van der Waals surface area contributed by atoms with Crippen LogP contribution in [0, 0.1) is 0 Å². The first kappa shape index (κ1) is 20.5. The van der Waals surface area contributed by atoms with Crippen LogP contribution in [0.2, 0.25) is 0 Å². The first-order valence-corrected chi connectivity index (χ1v) is 9.26. The molecule has 2 amide bonds. The Morgan fingerprint density at radius 3 is 2.19 bits per heavy atom.